The molecule has 3 aromatic carbocycles. The third kappa shape index (κ3) is 3.48. The fraction of sp³-hybridized carbons (Fsp3) is 0.217. The van der Waals surface area contributed by atoms with Crippen molar-refractivity contribution in [2.45, 2.75) is 28.4 Å². The fourth-order valence-electron chi connectivity index (χ4n) is 3.68. The molecular weight excluding hydrogens is 355 g/mol. The van der Waals surface area contributed by atoms with Gasteiger partial charge < -0.3 is 0 Å². The van der Waals surface area contributed by atoms with Crippen molar-refractivity contribution in [3.05, 3.63) is 108 Å². The van der Waals surface area contributed by atoms with E-state index in [2.05, 4.69) is 91.0 Å². The molecule has 1 saturated heterocycles. The zero-order valence-electron chi connectivity index (χ0n) is 13.7. The van der Waals surface area contributed by atoms with Gasteiger partial charge in [0.1, 0.15) is 0 Å². The van der Waals surface area contributed by atoms with Gasteiger partial charge in [-0.25, -0.2) is 0 Å². The van der Waals surface area contributed by atoms with Crippen LogP contribution in [0.2, 0.25) is 0 Å². The van der Waals surface area contributed by atoms with Crippen LogP contribution in [-0.2, 0) is 0 Å². The first-order valence-corrected chi connectivity index (χ1v) is 10.7. The topological polar surface area (TPSA) is 0 Å². The number of benzene rings is 3. The minimum absolute atomic E-state index is 0.605. The van der Waals surface area contributed by atoms with Gasteiger partial charge in [0.15, 0.2) is 0 Å². The van der Waals surface area contributed by atoms with Crippen LogP contribution in [0.3, 0.4) is 0 Å². The van der Waals surface area contributed by atoms with Crippen molar-refractivity contribution in [3.63, 3.8) is 0 Å². The summed E-state index contributed by atoms with van der Waals surface area (Å²) in [4.78, 5) is 1.42. The van der Waals surface area contributed by atoms with Crippen molar-refractivity contribution in [1.82, 2.24) is 0 Å². The van der Waals surface area contributed by atoms with Crippen LogP contribution in [-0.4, -0.2) is 15.0 Å². The third-order valence-corrected chi connectivity index (χ3v) is 8.27. The predicted molar refractivity (Wildman–Crippen MR) is 103 cm³/mol. The Kier molecular flexibility index (Phi) is 4.83. The number of rotatable bonds is 3. The van der Waals surface area contributed by atoms with Crippen LogP contribution in [0, 0.1) is 0 Å². The monoisotopic (exact) mass is 378 g/mol. The summed E-state index contributed by atoms with van der Waals surface area (Å²) in [6, 6.07) is 33.4. The van der Waals surface area contributed by atoms with Gasteiger partial charge in [-0.05, 0) is 0 Å². The summed E-state index contributed by atoms with van der Waals surface area (Å²) in [6.07, 6.45) is 2.58. The van der Waals surface area contributed by atoms with Gasteiger partial charge in [-0.2, -0.15) is 0 Å². The van der Waals surface area contributed by atoms with E-state index in [0.717, 1.165) is 0 Å². The standard InChI is InChI=1S/C23H22Se/c1-4-10-18(11-5-1)21-16-22(19-12-6-2-7-13-19)24-23(17-21)20-14-8-3-9-15-20/h1-15,21-23H,16-17H2. The first-order valence-electron chi connectivity index (χ1n) is 8.70. The molecule has 2 unspecified atom stereocenters. The maximum atomic E-state index is 2.32. The van der Waals surface area contributed by atoms with Gasteiger partial charge in [0.05, 0.1) is 0 Å². The van der Waals surface area contributed by atoms with Gasteiger partial charge in [-0.1, -0.05) is 0 Å². The van der Waals surface area contributed by atoms with Crippen molar-refractivity contribution in [1.29, 1.82) is 0 Å². The second kappa shape index (κ2) is 7.38. The van der Waals surface area contributed by atoms with Gasteiger partial charge >= 0.3 is 151 Å². The summed E-state index contributed by atoms with van der Waals surface area (Å²) in [6.45, 7) is 0. The maximum absolute atomic E-state index is 2.32. The second-order valence-corrected chi connectivity index (χ2v) is 9.47. The molecule has 3 aromatic rings. The minimum atomic E-state index is 0.605. The normalized spacial score (nSPS) is 23.8. The molecule has 24 heavy (non-hydrogen) atoms. The molecule has 0 nitrogen and oxygen atoms in total. The van der Waals surface area contributed by atoms with Crippen LogP contribution in [0.4, 0.5) is 0 Å². The third-order valence-electron chi connectivity index (χ3n) is 4.94. The second-order valence-electron chi connectivity index (χ2n) is 6.51. The van der Waals surface area contributed by atoms with E-state index >= 15 is 0 Å². The average molecular weight is 377 g/mol. The molecule has 1 heterocycles. The van der Waals surface area contributed by atoms with E-state index in [-0.39, 0.29) is 0 Å². The SMILES string of the molecule is c1ccc(C2CC(c3ccccc3)[Se]C(c3ccccc3)C2)cc1. The van der Waals surface area contributed by atoms with Gasteiger partial charge in [0.2, 0.25) is 0 Å². The molecule has 1 aliphatic rings. The molecule has 2 atom stereocenters. The van der Waals surface area contributed by atoms with Crippen LogP contribution in [0.15, 0.2) is 91.0 Å². The molecule has 1 heteroatoms. The molecular formula is C23H22Se. The summed E-state index contributed by atoms with van der Waals surface area (Å²) in [5, 5.41) is 0. The van der Waals surface area contributed by atoms with E-state index in [0.29, 0.717) is 30.5 Å². The molecule has 4 rings (SSSR count). The molecule has 0 amide bonds. The Morgan fingerprint density at radius 2 is 0.875 bits per heavy atom. The molecule has 1 fully saturated rings. The Labute approximate surface area is 151 Å². The van der Waals surface area contributed by atoms with Crippen molar-refractivity contribution < 1.29 is 0 Å². The van der Waals surface area contributed by atoms with Gasteiger partial charge in [-0.3, -0.25) is 0 Å². The predicted octanol–water partition coefficient (Wildman–Crippen LogP) is 5.75. The van der Waals surface area contributed by atoms with Gasteiger partial charge in [-0.15, -0.1) is 0 Å². The number of hydrogen-bond donors (Lipinski definition) is 0. The Morgan fingerprint density at radius 3 is 1.29 bits per heavy atom. The zero-order valence-corrected chi connectivity index (χ0v) is 15.4. The summed E-state index contributed by atoms with van der Waals surface area (Å²) < 4.78 is 0. The summed E-state index contributed by atoms with van der Waals surface area (Å²) in [7, 11) is 0. The van der Waals surface area contributed by atoms with Crippen LogP contribution >= 0.6 is 0 Å². The molecule has 0 aromatic heterocycles. The average Bonchev–Trinajstić information content (AvgIpc) is 2.70. The molecule has 0 spiro atoms. The van der Waals surface area contributed by atoms with E-state index < -0.39 is 0 Å². The molecule has 1 aliphatic heterocycles. The zero-order chi connectivity index (χ0) is 16.2. The molecule has 0 aliphatic carbocycles. The van der Waals surface area contributed by atoms with Crippen LogP contribution in [0.1, 0.15) is 45.1 Å². The van der Waals surface area contributed by atoms with Crippen molar-refractivity contribution in [2.24, 2.45) is 0 Å². The van der Waals surface area contributed by atoms with Gasteiger partial charge in [0, 0.05) is 0 Å². The van der Waals surface area contributed by atoms with Crippen molar-refractivity contribution >= 4 is 15.0 Å². The Hall–Kier alpha value is -1.82. The Balaban J connectivity index is 1.66. The van der Waals surface area contributed by atoms with Gasteiger partial charge in [0.25, 0.3) is 0 Å². The summed E-state index contributed by atoms with van der Waals surface area (Å²) in [5.74, 6) is 0.664. The number of hydrogen-bond acceptors (Lipinski definition) is 0. The van der Waals surface area contributed by atoms with E-state index in [4.69, 9.17) is 0 Å². The van der Waals surface area contributed by atoms with E-state index in [1.807, 2.05) is 0 Å². The van der Waals surface area contributed by atoms with Crippen molar-refractivity contribution in [3.8, 4) is 0 Å². The van der Waals surface area contributed by atoms with Crippen LogP contribution < -0.4 is 0 Å². The first kappa shape index (κ1) is 15.7. The summed E-state index contributed by atoms with van der Waals surface area (Å²) >= 11 is 0.605. The van der Waals surface area contributed by atoms with E-state index in [1.165, 1.54) is 29.5 Å². The quantitative estimate of drug-likeness (QED) is 0.510. The molecule has 0 saturated carbocycles. The van der Waals surface area contributed by atoms with E-state index in [9.17, 15) is 0 Å². The Bertz CT molecular complexity index is 638. The summed E-state index contributed by atoms with van der Waals surface area (Å²) in [5.41, 5.74) is 4.56. The fourth-order valence-corrected chi connectivity index (χ4v) is 7.28. The molecule has 120 valence electrons. The molecule has 0 N–H and O–H groups in total. The van der Waals surface area contributed by atoms with Crippen LogP contribution in [0.25, 0.3) is 0 Å². The first-order chi connectivity index (χ1) is 11.9. The molecule has 0 radical (unpaired) electrons. The Morgan fingerprint density at radius 1 is 0.500 bits per heavy atom. The van der Waals surface area contributed by atoms with E-state index in [1.54, 1.807) is 0 Å². The van der Waals surface area contributed by atoms with Crippen LogP contribution in [0.5, 0.6) is 0 Å². The molecule has 0 bridgehead atoms. The van der Waals surface area contributed by atoms with Crippen molar-refractivity contribution in [2.75, 3.05) is 0 Å².